The molecule has 4 N–H and O–H groups in total. The first-order chi connectivity index (χ1) is 10.0. The molecule has 2 aromatic rings. The molecule has 21 heavy (non-hydrogen) atoms. The van der Waals surface area contributed by atoms with Gasteiger partial charge in [-0.1, -0.05) is 6.07 Å². The lowest BCUT2D eigenvalue weighted by Crippen LogP contribution is -2.16. The maximum atomic E-state index is 12.2. The third kappa shape index (κ3) is 2.50. The molecule has 2 heterocycles. The zero-order valence-corrected chi connectivity index (χ0v) is 11.6. The van der Waals surface area contributed by atoms with E-state index in [2.05, 4.69) is 10.6 Å². The predicted molar refractivity (Wildman–Crippen MR) is 79.6 cm³/mol. The van der Waals surface area contributed by atoms with Gasteiger partial charge in [0.15, 0.2) is 0 Å². The molecule has 0 atom stereocenters. The fourth-order valence-corrected chi connectivity index (χ4v) is 2.92. The van der Waals surface area contributed by atoms with Crippen molar-refractivity contribution in [3.8, 4) is 0 Å². The Bertz CT molecular complexity index is 767. The Morgan fingerprint density at radius 2 is 2.10 bits per heavy atom. The number of benzene rings is 1. The van der Waals surface area contributed by atoms with Gasteiger partial charge in [0.05, 0.1) is 12.0 Å². The van der Waals surface area contributed by atoms with Crippen LogP contribution in [0.4, 0.5) is 10.7 Å². The van der Waals surface area contributed by atoms with E-state index in [1.165, 1.54) is 11.3 Å². The van der Waals surface area contributed by atoms with Gasteiger partial charge in [-0.3, -0.25) is 14.4 Å². The molecule has 0 spiro atoms. The average Bonchev–Trinajstić information content (AvgIpc) is 3.02. The average molecular weight is 301 g/mol. The van der Waals surface area contributed by atoms with Crippen molar-refractivity contribution >= 4 is 39.7 Å². The lowest BCUT2D eigenvalue weighted by atomic mass is 10.1. The number of amides is 3. The Labute approximate surface area is 124 Å². The summed E-state index contributed by atoms with van der Waals surface area (Å²) in [4.78, 5) is 34.7. The van der Waals surface area contributed by atoms with Gasteiger partial charge in [0.25, 0.3) is 11.8 Å². The first-order valence-electron chi connectivity index (χ1n) is 6.16. The molecule has 0 aliphatic carbocycles. The summed E-state index contributed by atoms with van der Waals surface area (Å²) in [7, 11) is 0. The van der Waals surface area contributed by atoms with Gasteiger partial charge in [-0.2, -0.15) is 0 Å². The minimum absolute atomic E-state index is 0.0863. The molecule has 3 amide bonds. The summed E-state index contributed by atoms with van der Waals surface area (Å²) in [5.41, 5.74) is 7.43. The summed E-state index contributed by atoms with van der Waals surface area (Å²) in [6.07, 6.45) is 0.327. The van der Waals surface area contributed by atoms with Crippen LogP contribution < -0.4 is 16.4 Å². The van der Waals surface area contributed by atoms with Crippen molar-refractivity contribution < 1.29 is 14.4 Å². The Morgan fingerprint density at radius 3 is 2.86 bits per heavy atom. The first kappa shape index (κ1) is 13.3. The van der Waals surface area contributed by atoms with E-state index in [1.807, 2.05) is 0 Å². The number of hydrogen-bond acceptors (Lipinski definition) is 4. The lowest BCUT2D eigenvalue weighted by molar-refractivity contribution is -0.115. The molecule has 1 aromatic heterocycles. The van der Waals surface area contributed by atoms with E-state index >= 15 is 0 Å². The standard InChI is InChI=1S/C14H11N3O3S/c15-12(19)9-3-4-21-14(9)17-13(20)8-2-1-7-6-11(18)16-10(7)5-8/h1-5H,6H2,(H2,15,19)(H,16,18)(H,17,20). The molecule has 0 fully saturated rings. The molecule has 1 aliphatic heterocycles. The second kappa shape index (κ2) is 5.02. The Kier molecular flexibility index (Phi) is 3.19. The van der Waals surface area contributed by atoms with E-state index in [1.54, 1.807) is 29.6 Å². The Balaban J connectivity index is 1.83. The highest BCUT2D eigenvalue weighted by Crippen LogP contribution is 2.26. The molecule has 7 heteroatoms. The zero-order valence-electron chi connectivity index (χ0n) is 10.8. The van der Waals surface area contributed by atoms with Crippen molar-refractivity contribution in [1.29, 1.82) is 0 Å². The maximum Gasteiger partial charge on any atom is 0.256 e. The van der Waals surface area contributed by atoms with Crippen molar-refractivity contribution in [2.24, 2.45) is 5.73 Å². The van der Waals surface area contributed by atoms with E-state index in [-0.39, 0.29) is 17.4 Å². The van der Waals surface area contributed by atoms with Gasteiger partial charge in [0.1, 0.15) is 5.00 Å². The second-order valence-electron chi connectivity index (χ2n) is 4.58. The van der Waals surface area contributed by atoms with Crippen molar-refractivity contribution in [3.05, 3.63) is 46.3 Å². The molecule has 6 nitrogen and oxygen atoms in total. The molecule has 0 unspecified atom stereocenters. The van der Waals surface area contributed by atoms with Crippen LogP contribution in [0.15, 0.2) is 29.6 Å². The van der Waals surface area contributed by atoms with Gasteiger partial charge in [0.2, 0.25) is 5.91 Å². The van der Waals surface area contributed by atoms with Crippen molar-refractivity contribution in [2.45, 2.75) is 6.42 Å². The van der Waals surface area contributed by atoms with E-state index < -0.39 is 5.91 Å². The first-order valence-corrected chi connectivity index (χ1v) is 7.04. The fraction of sp³-hybridized carbons (Fsp3) is 0.0714. The highest BCUT2D eigenvalue weighted by Gasteiger charge is 2.20. The highest BCUT2D eigenvalue weighted by atomic mass is 32.1. The monoisotopic (exact) mass is 301 g/mol. The largest absolute Gasteiger partial charge is 0.366 e. The number of rotatable bonds is 3. The summed E-state index contributed by atoms with van der Waals surface area (Å²) in [5, 5.41) is 7.44. The quantitative estimate of drug-likeness (QED) is 0.802. The van der Waals surface area contributed by atoms with Crippen LogP contribution in [0.25, 0.3) is 0 Å². The zero-order chi connectivity index (χ0) is 15.0. The number of hydrogen-bond donors (Lipinski definition) is 3. The third-order valence-electron chi connectivity index (χ3n) is 3.15. The van der Waals surface area contributed by atoms with Crippen LogP contribution in [-0.4, -0.2) is 17.7 Å². The molecule has 0 saturated carbocycles. The second-order valence-corrected chi connectivity index (χ2v) is 5.49. The smallest absolute Gasteiger partial charge is 0.256 e. The summed E-state index contributed by atoms with van der Waals surface area (Å²) in [6, 6.07) is 6.57. The Morgan fingerprint density at radius 1 is 1.29 bits per heavy atom. The van der Waals surface area contributed by atoms with E-state index in [9.17, 15) is 14.4 Å². The van der Waals surface area contributed by atoms with E-state index in [4.69, 9.17) is 5.73 Å². The van der Waals surface area contributed by atoms with Crippen LogP contribution in [0.3, 0.4) is 0 Å². The normalized spacial score (nSPS) is 12.7. The molecular formula is C14H11N3O3S. The molecule has 1 aromatic carbocycles. The number of primary amides is 1. The highest BCUT2D eigenvalue weighted by molar-refractivity contribution is 7.14. The molecule has 0 saturated heterocycles. The molecule has 3 rings (SSSR count). The summed E-state index contributed by atoms with van der Waals surface area (Å²) >= 11 is 1.22. The summed E-state index contributed by atoms with van der Waals surface area (Å²) in [6.45, 7) is 0. The molecule has 0 radical (unpaired) electrons. The minimum Gasteiger partial charge on any atom is -0.366 e. The number of carbonyl (C=O) groups excluding carboxylic acids is 3. The van der Waals surface area contributed by atoms with Crippen LogP contribution in [0.1, 0.15) is 26.3 Å². The molecule has 106 valence electrons. The lowest BCUT2D eigenvalue weighted by Gasteiger charge is -2.06. The van der Waals surface area contributed by atoms with Crippen molar-refractivity contribution in [3.63, 3.8) is 0 Å². The van der Waals surface area contributed by atoms with E-state index in [0.29, 0.717) is 22.7 Å². The molecule has 1 aliphatic rings. The van der Waals surface area contributed by atoms with Crippen LogP contribution in [-0.2, 0) is 11.2 Å². The Hall–Kier alpha value is -2.67. The van der Waals surface area contributed by atoms with Crippen molar-refractivity contribution in [1.82, 2.24) is 0 Å². The van der Waals surface area contributed by atoms with Crippen LogP contribution >= 0.6 is 11.3 Å². The van der Waals surface area contributed by atoms with Gasteiger partial charge >= 0.3 is 0 Å². The molecule has 0 bridgehead atoms. The number of thiophene rings is 1. The SMILES string of the molecule is NC(=O)c1ccsc1NC(=O)c1ccc2c(c1)NC(=O)C2. The fourth-order valence-electron chi connectivity index (χ4n) is 2.13. The van der Waals surface area contributed by atoms with Crippen LogP contribution in [0.2, 0.25) is 0 Å². The number of nitrogens with one attached hydrogen (secondary N) is 2. The van der Waals surface area contributed by atoms with Gasteiger partial charge in [-0.05, 0) is 29.1 Å². The van der Waals surface area contributed by atoms with Gasteiger partial charge in [0, 0.05) is 11.3 Å². The summed E-state index contributed by atoms with van der Waals surface area (Å²) in [5.74, 6) is -1.03. The minimum atomic E-state index is -0.590. The topological polar surface area (TPSA) is 101 Å². The van der Waals surface area contributed by atoms with Crippen LogP contribution in [0.5, 0.6) is 0 Å². The number of nitrogens with two attached hydrogens (primary N) is 1. The number of carbonyl (C=O) groups is 3. The number of anilines is 2. The molecular weight excluding hydrogens is 290 g/mol. The summed E-state index contributed by atoms with van der Waals surface area (Å²) < 4.78 is 0. The van der Waals surface area contributed by atoms with E-state index in [0.717, 1.165) is 5.56 Å². The predicted octanol–water partition coefficient (Wildman–Crippen LogP) is 1.59. The van der Waals surface area contributed by atoms with Gasteiger partial charge in [-0.15, -0.1) is 11.3 Å². The third-order valence-corrected chi connectivity index (χ3v) is 3.98. The maximum absolute atomic E-state index is 12.2. The van der Waals surface area contributed by atoms with Crippen LogP contribution in [0, 0.1) is 0 Å². The van der Waals surface area contributed by atoms with Crippen molar-refractivity contribution in [2.75, 3.05) is 10.6 Å². The van der Waals surface area contributed by atoms with Gasteiger partial charge in [-0.25, -0.2) is 0 Å². The number of fused-ring (bicyclic) bond motifs is 1. The van der Waals surface area contributed by atoms with Gasteiger partial charge < -0.3 is 16.4 Å².